The highest BCUT2D eigenvalue weighted by Crippen LogP contribution is 2.24. The van der Waals surface area contributed by atoms with Gasteiger partial charge in [-0.25, -0.2) is 18.7 Å². The van der Waals surface area contributed by atoms with E-state index >= 15 is 0 Å². The van der Waals surface area contributed by atoms with Gasteiger partial charge in [-0.15, -0.1) is 0 Å². The monoisotopic (exact) mass is 279 g/mol. The molecule has 0 radical (unpaired) electrons. The van der Waals surface area contributed by atoms with Crippen molar-refractivity contribution in [3.63, 3.8) is 0 Å². The Morgan fingerprint density at radius 1 is 1.30 bits per heavy atom. The first-order chi connectivity index (χ1) is 9.65. The molecule has 6 heteroatoms. The van der Waals surface area contributed by atoms with Crippen molar-refractivity contribution >= 4 is 16.7 Å². The molecule has 0 bridgehead atoms. The highest BCUT2D eigenvalue weighted by Gasteiger charge is 2.23. The minimum Gasteiger partial charge on any atom is -0.376 e. The van der Waals surface area contributed by atoms with Gasteiger partial charge in [-0.3, -0.25) is 0 Å². The van der Waals surface area contributed by atoms with Crippen LogP contribution in [0.4, 0.5) is 14.6 Å². The molecule has 4 nitrogen and oxygen atoms in total. The van der Waals surface area contributed by atoms with Gasteiger partial charge in [0.1, 0.15) is 12.1 Å². The van der Waals surface area contributed by atoms with Gasteiger partial charge in [-0.1, -0.05) is 0 Å². The molecule has 2 heterocycles. The van der Waals surface area contributed by atoms with Crippen LogP contribution in [-0.2, 0) is 4.74 Å². The number of hydrogen-bond donors (Lipinski definition) is 1. The van der Waals surface area contributed by atoms with E-state index in [-0.39, 0.29) is 12.1 Å². The van der Waals surface area contributed by atoms with Crippen molar-refractivity contribution in [2.24, 2.45) is 0 Å². The van der Waals surface area contributed by atoms with Crippen LogP contribution in [0.25, 0.3) is 10.9 Å². The van der Waals surface area contributed by atoms with Gasteiger partial charge in [0, 0.05) is 18.1 Å². The molecule has 1 N–H and O–H groups in total. The molecule has 1 aliphatic heterocycles. The van der Waals surface area contributed by atoms with Gasteiger partial charge in [0.05, 0.1) is 17.7 Å². The van der Waals surface area contributed by atoms with E-state index in [1.807, 2.05) is 6.92 Å². The van der Waals surface area contributed by atoms with Crippen LogP contribution in [0.2, 0.25) is 0 Å². The maximum absolute atomic E-state index is 13.4. The molecule has 106 valence electrons. The van der Waals surface area contributed by atoms with E-state index in [0.717, 1.165) is 31.6 Å². The van der Waals surface area contributed by atoms with Crippen LogP contribution in [0.15, 0.2) is 18.5 Å². The maximum Gasteiger partial charge on any atom is 0.161 e. The van der Waals surface area contributed by atoms with Gasteiger partial charge in [-0.2, -0.15) is 0 Å². The number of nitrogens with one attached hydrogen (secondary N) is 1. The zero-order chi connectivity index (χ0) is 14.1. The molecule has 2 atom stereocenters. The van der Waals surface area contributed by atoms with Crippen LogP contribution in [0.1, 0.15) is 19.8 Å². The van der Waals surface area contributed by atoms with Crippen LogP contribution in [0, 0.1) is 11.6 Å². The Morgan fingerprint density at radius 2 is 2.10 bits per heavy atom. The predicted octanol–water partition coefficient (Wildman–Crippen LogP) is 2.89. The van der Waals surface area contributed by atoms with Gasteiger partial charge >= 0.3 is 0 Å². The van der Waals surface area contributed by atoms with Crippen molar-refractivity contribution < 1.29 is 13.5 Å². The largest absolute Gasteiger partial charge is 0.376 e. The molecule has 0 aliphatic carbocycles. The molecular formula is C14H15F2N3O. The summed E-state index contributed by atoms with van der Waals surface area (Å²) >= 11 is 0. The minimum absolute atomic E-state index is 0.0451. The van der Waals surface area contributed by atoms with Crippen molar-refractivity contribution in [3.8, 4) is 0 Å². The summed E-state index contributed by atoms with van der Waals surface area (Å²) in [5.41, 5.74) is 0.376. The molecule has 0 unspecified atom stereocenters. The summed E-state index contributed by atoms with van der Waals surface area (Å²) in [6, 6.07) is 2.24. The third-order valence-corrected chi connectivity index (χ3v) is 3.56. The first-order valence-corrected chi connectivity index (χ1v) is 6.63. The lowest BCUT2D eigenvalue weighted by atomic mass is 10.1. The van der Waals surface area contributed by atoms with E-state index in [1.165, 1.54) is 6.33 Å². The highest BCUT2D eigenvalue weighted by atomic mass is 19.2. The third kappa shape index (κ3) is 2.43. The van der Waals surface area contributed by atoms with Crippen molar-refractivity contribution in [3.05, 3.63) is 30.1 Å². The molecule has 2 aromatic rings. The van der Waals surface area contributed by atoms with E-state index in [4.69, 9.17) is 4.74 Å². The van der Waals surface area contributed by atoms with Crippen LogP contribution in [-0.4, -0.2) is 28.7 Å². The maximum atomic E-state index is 13.4. The van der Waals surface area contributed by atoms with Crippen LogP contribution in [0.3, 0.4) is 0 Å². The number of hydrogen-bond acceptors (Lipinski definition) is 4. The Kier molecular flexibility index (Phi) is 3.48. The lowest BCUT2D eigenvalue weighted by Crippen LogP contribution is -2.30. The van der Waals surface area contributed by atoms with Gasteiger partial charge in [0.2, 0.25) is 0 Å². The Bertz CT molecular complexity index is 629. The zero-order valence-electron chi connectivity index (χ0n) is 11.1. The summed E-state index contributed by atoms with van der Waals surface area (Å²) in [4.78, 5) is 8.08. The first kappa shape index (κ1) is 13.2. The second kappa shape index (κ2) is 5.28. The Labute approximate surface area is 115 Å². The number of fused-ring (bicyclic) bond motifs is 1. The molecule has 0 amide bonds. The van der Waals surface area contributed by atoms with Crippen molar-refractivity contribution in [1.82, 2.24) is 9.97 Å². The number of aromatic nitrogens is 2. The fourth-order valence-electron chi connectivity index (χ4n) is 2.47. The number of benzene rings is 1. The Morgan fingerprint density at radius 3 is 2.85 bits per heavy atom. The van der Waals surface area contributed by atoms with Gasteiger partial charge in [0.25, 0.3) is 0 Å². The fourth-order valence-corrected chi connectivity index (χ4v) is 2.47. The highest BCUT2D eigenvalue weighted by molar-refractivity contribution is 5.88. The summed E-state index contributed by atoms with van der Waals surface area (Å²) in [6.07, 6.45) is 3.48. The lowest BCUT2D eigenvalue weighted by molar-refractivity contribution is 0.0996. The molecule has 0 saturated carbocycles. The van der Waals surface area contributed by atoms with E-state index in [9.17, 15) is 8.78 Å². The van der Waals surface area contributed by atoms with Gasteiger partial charge in [-0.05, 0) is 25.8 Å². The smallest absolute Gasteiger partial charge is 0.161 e. The topological polar surface area (TPSA) is 47.0 Å². The van der Waals surface area contributed by atoms with E-state index in [0.29, 0.717) is 16.7 Å². The summed E-state index contributed by atoms with van der Waals surface area (Å²) < 4.78 is 32.2. The normalized spacial score (nSPS) is 20.2. The quantitative estimate of drug-likeness (QED) is 0.938. The van der Waals surface area contributed by atoms with Crippen LogP contribution < -0.4 is 5.32 Å². The van der Waals surface area contributed by atoms with Crippen LogP contribution >= 0.6 is 0 Å². The average Bonchev–Trinajstić information content (AvgIpc) is 2.95. The number of halogens is 2. The standard InChI is InChI=1S/C14H15F2N3O/c1-8(13-3-2-4-20-13)19-14-9-5-10(15)11(16)6-12(9)17-7-18-14/h5-8,13H,2-4H2,1H3,(H,17,18,19)/t8-,13-/m1/s1. The summed E-state index contributed by atoms with van der Waals surface area (Å²) in [5.74, 6) is -1.31. The van der Waals surface area contributed by atoms with Crippen molar-refractivity contribution in [1.29, 1.82) is 0 Å². The third-order valence-electron chi connectivity index (χ3n) is 3.56. The van der Waals surface area contributed by atoms with Crippen LogP contribution in [0.5, 0.6) is 0 Å². The summed E-state index contributed by atoms with van der Waals surface area (Å²) in [7, 11) is 0. The van der Waals surface area contributed by atoms with Gasteiger partial charge < -0.3 is 10.1 Å². The van der Waals surface area contributed by atoms with E-state index in [1.54, 1.807) is 0 Å². The molecule has 3 rings (SSSR count). The first-order valence-electron chi connectivity index (χ1n) is 6.63. The molecule has 1 saturated heterocycles. The fraction of sp³-hybridized carbons (Fsp3) is 0.429. The number of anilines is 1. The van der Waals surface area contributed by atoms with E-state index < -0.39 is 11.6 Å². The number of ether oxygens (including phenoxy) is 1. The molecule has 1 fully saturated rings. The molecule has 1 aromatic carbocycles. The van der Waals surface area contributed by atoms with E-state index in [2.05, 4.69) is 15.3 Å². The number of rotatable bonds is 3. The SMILES string of the molecule is C[C@@H](Nc1ncnc2cc(F)c(F)cc12)[C@H]1CCCO1. The second-order valence-electron chi connectivity index (χ2n) is 4.99. The van der Waals surface area contributed by atoms with Crippen molar-refractivity contribution in [2.45, 2.75) is 31.9 Å². The summed E-state index contributed by atoms with van der Waals surface area (Å²) in [6.45, 7) is 2.75. The molecule has 1 aliphatic rings. The van der Waals surface area contributed by atoms with Crippen molar-refractivity contribution in [2.75, 3.05) is 11.9 Å². The number of nitrogens with zero attached hydrogens (tertiary/aromatic N) is 2. The Balaban J connectivity index is 1.92. The van der Waals surface area contributed by atoms with Gasteiger partial charge in [0.15, 0.2) is 11.6 Å². The molecule has 20 heavy (non-hydrogen) atoms. The summed E-state index contributed by atoms with van der Waals surface area (Å²) in [5, 5.41) is 3.68. The Hall–Kier alpha value is -1.82. The minimum atomic E-state index is -0.908. The lowest BCUT2D eigenvalue weighted by Gasteiger charge is -2.21. The molecule has 1 aromatic heterocycles. The zero-order valence-corrected chi connectivity index (χ0v) is 11.1. The average molecular weight is 279 g/mol. The molecule has 0 spiro atoms. The predicted molar refractivity (Wildman–Crippen MR) is 71.5 cm³/mol. The molecular weight excluding hydrogens is 264 g/mol. The second-order valence-corrected chi connectivity index (χ2v) is 4.99.